The second-order valence-corrected chi connectivity index (χ2v) is 16.6. The third kappa shape index (κ3) is 5.30. The van der Waals surface area contributed by atoms with E-state index in [-0.39, 0.29) is 0 Å². The SMILES string of the molecule is c1ccc(-c2nc(-c3ccccc3)nc(-c3ccc4c(c3)sc3cc(-c5ccc6sc7ccc(-n8c9ccccc9c9ccccc98)cc7c6c5)ccc34)n2)cc1. The third-order valence-corrected chi connectivity index (χ3v) is 13.3. The topological polar surface area (TPSA) is 43.6 Å². The Morgan fingerprint density at radius 3 is 1.39 bits per heavy atom. The predicted octanol–water partition coefficient (Wildman–Crippen LogP) is 14.4. The van der Waals surface area contributed by atoms with Crippen LogP contribution in [0.25, 0.3) is 113 Å². The van der Waals surface area contributed by atoms with Crippen LogP contribution < -0.4 is 0 Å². The highest BCUT2D eigenvalue weighted by Crippen LogP contribution is 2.42. The first-order valence-electron chi connectivity index (χ1n) is 19.0. The lowest BCUT2D eigenvalue weighted by atomic mass is 10.0. The van der Waals surface area contributed by atoms with Gasteiger partial charge in [-0.25, -0.2) is 15.0 Å². The van der Waals surface area contributed by atoms with E-state index in [9.17, 15) is 0 Å². The molecule has 0 aliphatic carbocycles. The van der Waals surface area contributed by atoms with Crippen LogP contribution >= 0.6 is 22.7 Å². The molecule has 12 aromatic rings. The molecule has 0 aliphatic rings. The van der Waals surface area contributed by atoms with Crippen molar-refractivity contribution in [1.29, 1.82) is 0 Å². The maximum atomic E-state index is 4.98. The number of aromatic nitrogens is 4. The van der Waals surface area contributed by atoms with Crippen LogP contribution in [0.2, 0.25) is 0 Å². The Morgan fingerprint density at radius 1 is 0.298 bits per heavy atom. The minimum absolute atomic E-state index is 0.666. The number of thiophene rings is 2. The Morgan fingerprint density at radius 2 is 0.754 bits per heavy atom. The van der Waals surface area contributed by atoms with Gasteiger partial charge in [-0.05, 0) is 65.7 Å². The number of para-hydroxylation sites is 2. The van der Waals surface area contributed by atoms with Crippen molar-refractivity contribution in [3.63, 3.8) is 0 Å². The van der Waals surface area contributed by atoms with Crippen LogP contribution in [0.15, 0.2) is 182 Å². The summed E-state index contributed by atoms with van der Waals surface area (Å²) in [6, 6.07) is 65.1. The lowest BCUT2D eigenvalue weighted by molar-refractivity contribution is 1.07. The van der Waals surface area contributed by atoms with E-state index >= 15 is 0 Å². The van der Waals surface area contributed by atoms with Crippen molar-refractivity contribution in [3.05, 3.63) is 182 Å². The fourth-order valence-electron chi connectivity index (χ4n) is 8.32. The summed E-state index contributed by atoms with van der Waals surface area (Å²) in [6.07, 6.45) is 0. The van der Waals surface area contributed by atoms with E-state index in [4.69, 9.17) is 15.0 Å². The molecular weight excluding hydrogens is 733 g/mol. The monoisotopic (exact) mass is 762 g/mol. The fourth-order valence-corrected chi connectivity index (χ4v) is 10.6. The van der Waals surface area contributed by atoms with Crippen LogP contribution in [-0.2, 0) is 0 Å². The Bertz CT molecular complexity index is 3410. The normalized spacial score (nSPS) is 11.9. The maximum Gasteiger partial charge on any atom is 0.164 e. The first-order valence-corrected chi connectivity index (χ1v) is 20.6. The van der Waals surface area contributed by atoms with Gasteiger partial charge >= 0.3 is 0 Å². The highest BCUT2D eigenvalue weighted by Gasteiger charge is 2.16. The summed E-state index contributed by atoms with van der Waals surface area (Å²) in [5.41, 5.74) is 8.97. The number of fused-ring (bicyclic) bond motifs is 9. The number of rotatable bonds is 5. The van der Waals surface area contributed by atoms with Crippen molar-refractivity contribution in [2.45, 2.75) is 0 Å². The molecule has 57 heavy (non-hydrogen) atoms. The van der Waals surface area contributed by atoms with Gasteiger partial charge in [-0.3, -0.25) is 0 Å². The average Bonchev–Trinajstić information content (AvgIpc) is 3.95. The zero-order valence-electron chi connectivity index (χ0n) is 30.4. The van der Waals surface area contributed by atoms with E-state index in [0.717, 1.165) is 16.7 Å². The Balaban J connectivity index is 0.944. The largest absolute Gasteiger partial charge is 0.309 e. The van der Waals surface area contributed by atoms with Crippen LogP contribution in [0.5, 0.6) is 0 Å². The molecule has 0 unspecified atom stereocenters. The molecule has 0 radical (unpaired) electrons. The molecule has 4 nitrogen and oxygen atoms in total. The molecule has 8 aromatic carbocycles. The number of nitrogens with zero attached hydrogens (tertiary/aromatic N) is 4. The number of hydrogen-bond acceptors (Lipinski definition) is 5. The van der Waals surface area contributed by atoms with Gasteiger partial charge in [0, 0.05) is 73.5 Å². The molecule has 266 valence electrons. The summed E-state index contributed by atoms with van der Waals surface area (Å²) < 4.78 is 7.47. The Labute approximate surface area is 335 Å². The van der Waals surface area contributed by atoms with Gasteiger partial charge in [-0.2, -0.15) is 0 Å². The van der Waals surface area contributed by atoms with Gasteiger partial charge in [0.25, 0.3) is 0 Å². The van der Waals surface area contributed by atoms with Gasteiger partial charge in [0.05, 0.1) is 11.0 Å². The van der Waals surface area contributed by atoms with E-state index in [1.165, 1.54) is 79.0 Å². The van der Waals surface area contributed by atoms with E-state index in [2.05, 4.69) is 126 Å². The predicted molar refractivity (Wildman–Crippen MR) is 242 cm³/mol. The molecule has 0 aliphatic heterocycles. The summed E-state index contributed by atoms with van der Waals surface area (Å²) >= 11 is 3.68. The second kappa shape index (κ2) is 12.8. The van der Waals surface area contributed by atoms with E-state index in [1.807, 2.05) is 83.3 Å². The van der Waals surface area contributed by atoms with Gasteiger partial charge in [0.2, 0.25) is 0 Å². The lowest BCUT2D eigenvalue weighted by Crippen LogP contribution is -1.99. The standard InChI is InChI=1S/C51H30N4S2/c1-3-11-31(12-4-1)49-52-50(32-13-5-2-6-14-32)54-51(53-49)35-20-24-40-39-23-19-34(28-47(39)57-48(40)29-35)33-21-25-45-41(27-33)42-30-36(22-26-46(42)56-45)55-43-17-9-7-15-37(43)38-16-8-10-18-44(38)55/h1-30H. The molecule has 0 bridgehead atoms. The van der Waals surface area contributed by atoms with Gasteiger partial charge in [-0.1, -0.05) is 127 Å². The summed E-state index contributed by atoms with van der Waals surface area (Å²) in [4.78, 5) is 14.9. The fraction of sp³-hybridized carbons (Fsp3) is 0. The molecular formula is C51H30N4S2. The quantitative estimate of drug-likeness (QED) is 0.175. The second-order valence-electron chi connectivity index (χ2n) is 14.4. The van der Waals surface area contributed by atoms with Crippen LogP contribution in [0.3, 0.4) is 0 Å². The van der Waals surface area contributed by atoms with E-state index in [1.54, 1.807) is 0 Å². The molecule has 0 amide bonds. The molecule has 12 rings (SSSR count). The molecule has 0 fully saturated rings. The van der Waals surface area contributed by atoms with Crippen LogP contribution in [0.4, 0.5) is 0 Å². The summed E-state index contributed by atoms with van der Waals surface area (Å²) in [7, 11) is 0. The molecule has 0 N–H and O–H groups in total. The van der Waals surface area contributed by atoms with Crippen molar-refractivity contribution in [2.75, 3.05) is 0 Å². The van der Waals surface area contributed by atoms with Crippen LogP contribution in [-0.4, -0.2) is 19.5 Å². The van der Waals surface area contributed by atoms with Crippen molar-refractivity contribution in [2.24, 2.45) is 0 Å². The number of hydrogen-bond donors (Lipinski definition) is 0. The molecule has 0 saturated carbocycles. The molecule has 6 heteroatoms. The zero-order chi connectivity index (χ0) is 37.5. The van der Waals surface area contributed by atoms with Crippen molar-refractivity contribution in [1.82, 2.24) is 19.5 Å². The van der Waals surface area contributed by atoms with Crippen LogP contribution in [0, 0.1) is 0 Å². The van der Waals surface area contributed by atoms with Crippen LogP contribution in [0.1, 0.15) is 0 Å². The van der Waals surface area contributed by atoms with E-state index in [0.29, 0.717) is 17.5 Å². The molecule has 0 spiro atoms. The zero-order valence-corrected chi connectivity index (χ0v) is 32.1. The van der Waals surface area contributed by atoms with E-state index < -0.39 is 0 Å². The minimum atomic E-state index is 0.666. The van der Waals surface area contributed by atoms with Gasteiger partial charge in [0.1, 0.15) is 0 Å². The summed E-state index contributed by atoms with van der Waals surface area (Å²) in [5.74, 6) is 2.00. The first kappa shape index (κ1) is 32.3. The molecule has 4 heterocycles. The van der Waals surface area contributed by atoms with Crippen molar-refractivity contribution >= 4 is 84.8 Å². The summed E-state index contributed by atoms with van der Waals surface area (Å²) in [6.45, 7) is 0. The summed E-state index contributed by atoms with van der Waals surface area (Å²) in [5, 5.41) is 7.63. The Kier molecular flexibility index (Phi) is 7.24. The van der Waals surface area contributed by atoms with Gasteiger partial charge < -0.3 is 4.57 Å². The highest BCUT2D eigenvalue weighted by atomic mass is 32.1. The van der Waals surface area contributed by atoms with Crippen molar-refractivity contribution in [3.8, 4) is 51.0 Å². The smallest absolute Gasteiger partial charge is 0.164 e. The maximum absolute atomic E-state index is 4.98. The third-order valence-electron chi connectivity index (χ3n) is 11.1. The lowest BCUT2D eigenvalue weighted by Gasteiger charge is -2.08. The van der Waals surface area contributed by atoms with Crippen molar-refractivity contribution < 1.29 is 0 Å². The molecule has 4 aromatic heterocycles. The molecule has 0 saturated heterocycles. The Hall–Kier alpha value is -6.99. The minimum Gasteiger partial charge on any atom is -0.309 e. The van der Waals surface area contributed by atoms with Gasteiger partial charge in [-0.15, -0.1) is 22.7 Å². The average molecular weight is 763 g/mol. The first-order chi connectivity index (χ1) is 28.2. The van der Waals surface area contributed by atoms with Gasteiger partial charge in [0.15, 0.2) is 17.5 Å². The molecule has 0 atom stereocenters. The highest BCUT2D eigenvalue weighted by molar-refractivity contribution is 7.26. The number of benzene rings is 8.